The smallest absolute Gasteiger partial charge is 0.306 e. The van der Waals surface area contributed by atoms with Crippen LogP contribution in [0.25, 0.3) is 0 Å². The first-order valence-electron chi connectivity index (χ1n) is 30.0. The largest absolute Gasteiger partial charge is 0.462 e. The molecule has 75 heavy (non-hydrogen) atoms. The Morgan fingerprint density at radius 1 is 0.280 bits per heavy atom. The minimum Gasteiger partial charge on any atom is -0.462 e. The fourth-order valence-electron chi connectivity index (χ4n) is 7.57. The van der Waals surface area contributed by atoms with Gasteiger partial charge in [-0.3, -0.25) is 14.4 Å². The Bertz CT molecular complexity index is 1710. The zero-order valence-corrected chi connectivity index (χ0v) is 48.0. The normalized spacial score (nSPS) is 13.3. The molecule has 0 fully saturated rings. The van der Waals surface area contributed by atoms with Crippen molar-refractivity contribution >= 4 is 17.9 Å². The second-order valence-corrected chi connectivity index (χ2v) is 19.1. The van der Waals surface area contributed by atoms with Crippen molar-refractivity contribution in [3.63, 3.8) is 0 Å². The van der Waals surface area contributed by atoms with Gasteiger partial charge in [-0.05, 0) is 141 Å². The highest BCUT2D eigenvalue weighted by atomic mass is 16.6. The van der Waals surface area contributed by atoms with E-state index in [9.17, 15) is 14.4 Å². The predicted molar refractivity (Wildman–Crippen MR) is 325 cm³/mol. The molecule has 0 aromatic rings. The number of hydrogen-bond acceptors (Lipinski definition) is 6. The minimum absolute atomic E-state index is 0.127. The van der Waals surface area contributed by atoms with Gasteiger partial charge in [-0.1, -0.05) is 237 Å². The van der Waals surface area contributed by atoms with Gasteiger partial charge in [0.2, 0.25) is 0 Å². The predicted octanol–water partition coefficient (Wildman–Crippen LogP) is 20.5. The molecule has 0 N–H and O–H groups in total. The molecule has 0 saturated heterocycles. The lowest BCUT2D eigenvalue weighted by Crippen LogP contribution is -2.30. The summed E-state index contributed by atoms with van der Waals surface area (Å²) in [5.74, 6) is -1.04. The molecule has 0 saturated carbocycles. The molecule has 6 heteroatoms. The summed E-state index contributed by atoms with van der Waals surface area (Å²) in [7, 11) is 0. The van der Waals surface area contributed by atoms with Crippen molar-refractivity contribution < 1.29 is 28.6 Å². The first kappa shape index (κ1) is 70.0. The van der Waals surface area contributed by atoms with Crippen molar-refractivity contribution in [3.05, 3.63) is 158 Å². The highest BCUT2D eigenvalue weighted by Crippen LogP contribution is 2.14. The van der Waals surface area contributed by atoms with E-state index in [1.807, 2.05) is 0 Å². The molecular formula is C69H108O6. The maximum atomic E-state index is 12.9. The van der Waals surface area contributed by atoms with E-state index < -0.39 is 6.10 Å². The van der Waals surface area contributed by atoms with Gasteiger partial charge in [0.05, 0.1) is 0 Å². The third-order valence-corrected chi connectivity index (χ3v) is 12.0. The molecule has 0 heterocycles. The zero-order valence-electron chi connectivity index (χ0n) is 48.0. The fraction of sp³-hybridized carbons (Fsp3) is 0.580. The first-order chi connectivity index (χ1) is 37.0. The van der Waals surface area contributed by atoms with Crippen LogP contribution in [-0.2, 0) is 28.6 Å². The first-order valence-corrected chi connectivity index (χ1v) is 30.0. The van der Waals surface area contributed by atoms with Crippen LogP contribution in [0.4, 0.5) is 0 Å². The van der Waals surface area contributed by atoms with Crippen LogP contribution in [0.2, 0.25) is 0 Å². The Morgan fingerprint density at radius 2 is 0.533 bits per heavy atom. The molecular weight excluding hydrogens is 925 g/mol. The summed E-state index contributed by atoms with van der Waals surface area (Å²) in [6.45, 7) is 6.29. The van der Waals surface area contributed by atoms with Gasteiger partial charge in [0, 0.05) is 19.3 Å². The lowest BCUT2D eigenvalue weighted by molar-refractivity contribution is -0.167. The molecule has 0 aliphatic heterocycles. The summed E-state index contributed by atoms with van der Waals surface area (Å²) in [6, 6.07) is 0. The molecule has 0 aliphatic rings. The van der Waals surface area contributed by atoms with E-state index in [1.165, 1.54) is 70.6 Å². The van der Waals surface area contributed by atoms with Crippen LogP contribution in [0.1, 0.15) is 239 Å². The zero-order chi connectivity index (χ0) is 54.3. The van der Waals surface area contributed by atoms with Crippen molar-refractivity contribution in [2.45, 2.75) is 245 Å². The molecule has 0 aromatic carbocycles. The van der Waals surface area contributed by atoms with Gasteiger partial charge in [0.1, 0.15) is 13.2 Å². The van der Waals surface area contributed by atoms with Gasteiger partial charge in [-0.15, -0.1) is 0 Å². The Balaban J connectivity index is 4.58. The quantitative estimate of drug-likeness (QED) is 0.0261. The summed E-state index contributed by atoms with van der Waals surface area (Å²) < 4.78 is 16.8. The van der Waals surface area contributed by atoms with E-state index >= 15 is 0 Å². The molecule has 0 aromatic heterocycles. The summed E-state index contributed by atoms with van der Waals surface area (Å²) in [5.41, 5.74) is 0. The number of esters is 3. The number of ether oxygens (including phenoxy) is 3. The van der Waals surface area contributed by atoms with E-state index in [1.54, 1.807) is 0 Å². The average Bonchev–Trinajstić information content (AvgIpc) is 3.41. The minimum atomic E-state index is -0.831. The number of unbranched alkanes of at least 4 members (excludes halogenated alkanes) is 15. The van der Waals surface area contributed by atoms with Crippen molar-refractivity contribution in [1.29, 1.82) is 0 Å². The number of carbonyl (C=O) groups excluding carboxylic acids is 3. The van der Waals surface area contributed by atoms with Gasteiger partial charge in [-0.25, -0.2) is 0 Å². The van der Waals surface area contributed by atoms with Crippen LogP contribution in [-0.4, -0.2) is 37.2 Å². The maximum absolute atomic E-state index is 12.9. The standard InChI is InChI=1S/C69H108O6/c1-4-7-10-13-16-19-22-25-28-31-33-34-36-38-41-44-47-50-53-56-59-62-68(71)74-65-66(64-73-67(70)61-58-55-52-49-46-43-40-37-30-27-24-21-18-15-12-9-6-3)75-69(72)63-60-57-54-51-48-45-42-39-35-32-29-26-23-20-17-14-11-8-5-2/h7,9-10,12,16-21,25-30,33-34,38,40-41,43,47,49-50,52,66H,4-6,8,11,13-15,22-24,31-32,35-37,39,42,44-46,48,51,53-65H2,1-3H3/b10-7-,12-9-,19-16-,20-17-,21-18-,28-25-,29-26-,30-27-,34-33-,41-38-,43-40-,50-47-,52-49-. The van der Waals surface area contributed by atoms with Crippen molar-refractivity contribution in [2.75, 3.05) is 13.2 Å². The van der Waals surface area contributed by atoms with Crippen LogP contribution >= 0.6 is 0 Å². The van der Waals surface area contributed by atoms with Gasteiger partial charge in [-0.2, -0.15) is 0 Å². The molecule has 6 nitrogen and oxygen atoms in total. The second kappa shape index (κ2) is 61.6. The lowest BCUT2D eigenvalue weighted by Gasteiger charge is -2.18. The van der Waals surface area contributed by atoms with Crippen LogP contribution in [0.15, 0.2) is 158 Å². The molecule has 0 bridgehead atoms. The number of carbonyl (C=O) groups is 3. The number of allylic oxidation sites excluding steroid dienone is 26. The SMILES string of the molecule is CC/C=C\C/C=C\C/C=C\C/C=C\C/C=C\C/C=C\CCCCC(=O)OCC(COC(=O)CCC/C=C\C/C=C\C/C=C\C/C=C\C/C=C\CC)OC(=O)CCCCCCCCCCC/C=C\C/C=C\CCCCC. The van der Waals surface area contributed by atoms with E-state index in [-0.39, 0.29) is 44.0 Å². The maximum Gasteiger partial charge on any atom is 0.306 e. The lowest BCUT2D eigenvalue weighted by atomic mass is 10.1. The van der Waals surface area contributed by atoms with Crippen molar-refractivity contribution in [3.8, 4) is 0 Å². The van der Waals surface area contributed by atoms with Gasteiger partial charge in [0.25, 0.3) is 0 Å². The van der Waals surface area contributed by atoms with Crippen LogP contribution in [0, 0.1) is 0 Å². The molecule has 0 spiro atoms. The van der Waals surface area contributed by atoms with Crippen LogP contribution < -0.4 is 0 Å². The third kappa shape index (κ3) is 59.8. The van der Waals surface area contributed by atoms with Crippen molar-refractivity contribution in [1.82, 2.24) is 0 Å². The molecule has 0 rings (SSSR count). The molecule has 0 radical (unpaired) electrons. The summed E-state index contributed by atoms with van der Waals surface area (Å²) in [5, 5.41) is 0. The molecule has 0 amide bonds. The number of hydrogen-bond donors (Lipinski definition) is 0. The van der Waals surface area contributed by atoms with E-state index in [2.05, 4.69) is 179 Å². The average molecular weight is 1030 g/mol. The number of rotatable bonds is 52. The van der Waals surface area contributed by atoms with Crippen LogP contribution in [0.3, 0.4) is 0 Å². The summed E-state index contributed by atoms with van der Waals surface area (Å²) >= 11 is 0. The summed E-state index contributed by atoms with van der Waals surface area (Å²) in [4.78, 5) is 38.2. The molecule has 0 aliphatic carbocycles. The second-order valence-electron chi connectivity index (χ2n) is 19.1. The van der Waals surface area contributed by atoms with E-state index in [4.69, 9.17) is 14.2 Å². The monoisotopic (exact) mass is 1030 g/mol. The Kier molecular flexibility index (Phi) is 57.5. The third-order valence-electron chi connectivity index (χ3n) is 12.0. The summed E-state index contributed by atoms with van der Waals surface area (Å²) in [6.07, 6.45) is 89.5. The van der Waals surface area contributed by atoms with Gasteiger partial charge >= 0.3 is 17.9 Å². The topological polar surface area (TPSA) is 78.9 Å². The van der Waals surface area contributed by atoms with Crippen molar-refractivity contribution in [2.24, 2.45) is 0 Å². The Hall–Kier alpha value is -4.97. The molecule has 1 atom stereocenters. The highest BCUT2D eigenvalue weighted by Gasteiger charge is 2.19. The van der Waals surface area contributed by atoms with Gasteiger partial charge in [0.15, 0.2) is 6.10 Å². The van der Waals surface area contributed by atoms with Crippen LogP contribution in [0.5, 0.6) is 0 Å². The molecule has 1 unspecified atom stereocenters. The fourth-order valence-corrected chi connectivity index (χ4v) is 7.57. The Labute approximate surface area is 460 Å². The highest BCUT2D eigenvalue weighted by molar-refractivity contribution is 5.71. The molecule has 420 valence electrons. The Morgan fingerprint density at radius 3 is 0.893 bits per heavy atom. The van der Waals surface area contributed by atoms with Gasteiger partial charge < -0.3 is 14.2 Å². The van der Waals surface area contributed by atoms with E-state index in [0.717, 1.165) is 116 Å². The van der Waals surface area contributed by atoms with E-state index in [0.29, 0.717) is 19.3 Å².